The molecule has 0 radical (unpaired) electrons. The van der Waals surface area contributed by atoms with Crippen LogP contribution in [-0.4, -0.2) is 57.9 Å². The maximum absolute atomic E-state index is 14.8. The summed E-state index contributed by atoms with van der Waals surface area (Å²) in [5, 5.41) is 4.16. The van der Waals surface area contributed by atoms with E-state index in [4.69, 9.17) is 28.6 Å². The minimum Gasteiger partial charge on any atom is -0.497 e. The van der Waals surface area contributed by atoms with Crippen molar-refractivity contribution in [1.29, 1.82) is 0 Å². The summed E-state index contributed by atoms with van der Waals surface area (Å²) >= 11 is 1.71. The minimum absolute atomic E-state index is 0.0271. The normalized spacial score (nSPS) is 12.6. The quantitative estimate of drug-likeness (QED) is 0.141. The van der Waals surface area contributed by atoms with Gasteiger partial charge in [-0.05, 0) is 124 Å². The maximum Gasteiger partial charge on any atom is 0.194 e. The van der Waals surface area contributed by atoms with Crippen LogP contribution in [0.25, 0.3) is 77.0 Å². The van der Waals surface area contributed by atoms with Gasteiger partial charge in [-0.1, -0.05) is 36.0 Å². The van der Waals surface area contributed by atoms with E-state index >= 15 is 0 Å². The second-order valence-corrected chi connectivity index (χ2v) is 17.4. The lowest BCUT2D eigenvalue weighted by atomic mass is 9.89. The van der Waals surface area contributed by atoms with E-state index in [0.717, 1.165) is 127 Å². The van der Waals surface area contributed by atoms with E-state index in [9.17, 15) is 4.79 Å². The Kier molecular flexibility index (Phi) is 9.01. The molecular weight excluding hydrogens is 847 g/mol. The minimum atomic E-state index is -0.0271. The van der Waals surface area contributed by atoms with E-state index < -0.39 is 0 Å². The fourth-order valence-electron chi connectivity index (χ4n) is 9.93. The number of aromatic nitrogens is 2. The largest absolute Gasteiger partial charge is 0.497 e. The number of carbonyl (C=O) groups is 1. The van der Waals surface area contributed by atoms with Crippen LogP contribution in [0.1, 0.15) is 15.9 Å². The van der Waals surface area contributed by atoms with Gasteiger partial charge in [-0.15, -0.1) is 0 Å². The molecule has 10 nitrogen and oxygen atoms in total. The molecule has 10 aromatic rings. The van der Waals surface area contributed by atoms with Gasteiger partial charge < -0.3 is 33.5 Å². The van der Waals surface area contributed by atoms with Crippen molar-refractivity contribution in [2.45, 2.75) is 9.79 Å². The van der Waals surface area contributed by atoms with E-state index in [0.29, 0.717) is 11.1 Å². The second kappa shape index (κ2) is 15.0. The van der Waals surface area contributed by atoms with Crippen LogP contribution >= 0.6 is 11.8 Å². The fourth-order valence-corrected chi connectivity index (χ4v) is 11.0. The van der Waals surface area contributed by atoms with Crippen LogP contribution < -0.4 is 33.5 Å². The molecule has 2 aliphatic rings. The van der Waals surface area contributed by atoms with Crippen LogP contribution in [0.2, 0.25) is 0 Å². The highest BCUT2D eigenvalue weighted by atomic mass is 32.2. The van der Waals surface area contributed by atoms with Gasteiger partial charge in [0.05, 0.1) is 61.9 Å². The summed E-state index contributed by atoms with van der Waals surface area (Å²) in [5.74, 6) is 2.94. The van der Waals surface area contributed by atoms with E-state index in [1.807, 2.05) is 58.0 Å². The van der Waals surface area contributed by atoms with Gasteiger partial charge in [-0.3, -0.25) is 4.79 Å². The smallest absolute Gasteiger partial charge is 0.194 e. The number of fused-ring (bicyclic) bond motifs is 11. The summed E-state index contributed by atoms with van der Waals surface area (Å²) in [7, 11) is 10.0. The highest BCUT2D eigenvalue weighted by Gasteiger charge is 2.32. The summed E-state index contributed by atoms with van der Waals surface area (Å²) in [5.41, 5.74) is 13.2. The predicted molar refractivity (Wildman–Crippen MR) is 262 cm³/mol. The van der Waals surface area contributed by atoms with Crippen molar-refractivity contribution in [3.8, 4) is 56.4 Å². The van der Waals surface area contributed by atoms with Gasteiger partial charge in [0.25, 0.3) is 0 Å². The van der Waals surface area contributed by atoms with Gasteiger partial charge in [-0.25, -0.2) is 0 Å². The summed E-state index contributed by atoms with van der Waals surface area (Å²) in [6, 6.07) is 47.6. The van der Waals surface area contributed by atoms with Crippen LogP contribution in [0, 0.1) is 0 Å². The zero-order valence-corrected chi connectivity index (χ0v) is 37.7. The molecule has 66 heavy (non-hydrogen) atoms. The molecule has 0 saturated heterocycles. The monoisotopic (exact) mass is 887 g/mol. The zero-order valence-electron chi connectivity index (χ0n) is 36.9. The van der Waals surface area contributed by atoms with Crippen LogP contribution in [0.5, 0.6) is 23.0 Å². The Morgan fingerprint density at radius 3 is 1.29 bits per heavy atom. The van der Waals surface area contributed by atoms with Crippen LogP contribution in [0.3, 0.4) is 0 Å². The first-order chi connectivity index (χ1) is 32.3. The van der Waals surface area contributed by atoms with Crippen LogP contribution in [-0.2, 0) is 0 Å². The summed E-state index contributed by atoms with van der Waals surface area (Å²) in [4.78, 5) is 31.3. The third kappa shape index (κ3) is 5.79. The summed E-state index contributed by atoms with van der Waals surface area (Å²) in [6.07, 6.45) is 0. The topological polar surface area (TPSA) is 85.5 Å². The molecule has 0 spiro atoms. The number of ketones is 1. The lowest BCUT2D eigenvalue weighted by Crippen LogP contribution is -2.15. The molecule has 1 aliphatic carbocycles. The highest BCUT2D eigenvalue weighted by Crippen LogP contribution is 2.55. The number of anilines is 3. The molecule has 0 unspecified atom stereocenters. The average Bonchev–Trinajstić information content (AvgIpc) is 3.96. The number of hydrogen-bond acceptors (Lipinski definition) is 9. The van der Waals surface area contributed by atoms with Crippen molar-refractivity contribution in [2.24, 2.45) is 0 Å². The van der Waals surface area contributed by atoms with E-state index in [2.05, 4.69) is 95.9 Å². The highest BCUT2D eigenvalue weighted by molar-refractivity contribution is 7.99. The van der Waals surface area contributed by atoms with Crippen molar-refractivity contribution in [1.82, 2.24) is 9.46 Å². The Morgan fingerprint density at radius 2 is 0.803 bits per heavy atom. The average molecular weight is 888 g/mol. The van der Waals surface area contributed by atoms with Gasteiger partial charge in [0.1, 0.15) is 37.2 Å². The fraction of sp³-hybridized carbons (Fsp3) is 0.109. The maximum atomic E-state index is 14.8. The van der Waals surface area contributed by atoms with Crippen molar-refractivity contribution < 1.29 is 33.4 Å². The molecule has 0 saturated carbocycles. The zero-order chi connectivity index (χ0) is 45.0. The second-order valence-electron chi connectivity index (χ2n) is 16.3. The molecule has 0 atom stereocenters. The Hall–Kier alpha value is -8.02. The van der Waals surface area contributed by atoms with Gasteiger partial charge in [0.2, 0.25) is 0 Å². The Bertz CT molecular complexity index is 3650. The Morgan fingerprint density at radius 1 is 0.379 bits per heavy atom. The molecule has 0 bridgehead atoms. The molecule has 2 aromatic heterocycles. The number of nitrogens with zero attached hydrogens (tertiary/aromatic N) is 3. The van der Waals surface area contributed by atoms with Gasteiger partial charge in [0.15, 0.2) is 5.78 Å². The summed E-state index contributed by atoms with van der Waals surface area (Å²) in [6.45, 7) is 0. The molecule has 324 valence electrons. The number of ether oxygens (including phenoxy) is 4. The number of hydrogen-bond donors (Lipinski definition) is 0. The predicted octanol–water partition coefficient (Wildman–Crippen LogP) is 12.5. The van der Waals surface area contributed by atoms with Crippen LogP contribution in [0.4, 0.5) is 17.1 Å². The van der Waals surface area contributed by atoms with E-state index in [1.165, 1.54) is 0 Å². The number of benzene rings is 8. The first-order valence-corrected chi connectivity index (χ1v) is 22.2. The van der Waals surface area contributed by atoms with Gasteiger partial charge in [-0.2, -0.15) is 9.46 Å². The van der Waals surface area contributed by atoms with Crippen LogP contribution in [0.15, 0.2) is 149 Å². The van der Waals surface area contributed by atoms with E-state index in [1.54, 1.807) is 54.4 Å². The SMILES string of the molecule is COc1ccc2c(c1)N(c1ccc3c(c1)-c1cc(-c4ccc5c6ccc(OC)cc6n(OC)c5c4)c(-c4ccc5c6ccc(OC)cc6n(OC)c5c4)cc1C3=O)c1cc(OC)ccc1S2. The van der Waals surface area contributed by atoms with Crippen molar-refractivity contribution >= 4 is 78.2 Å². The molecule has 1 aliphatic heterocycles. The van der Waals surface area contributed by atoms with Crippen molar-refractivity contribution in [3.63, 3.8) is 0 Å². The molecule has 3 heterocycles. The first-order valence-electron chi connectivity index (χ1n) is 21.4. The van der Waals surface area contributed by atoms with E-state index in [-0.39, 0.29) is 5.78 Å². The number of rotatable bonds is 9. The molecule has 11 heteroatoms. The molecular formula is C55H41N3O7S. The lowest BCUT2D eigenvalue weighted by molar-refractivity contribution is 0.104. The Balaban J connectivity index is 1.09. The van der Waals surface area contributed by atoms with Crippen molar-refractivity contribution in [3.05, 3.63) is 151 Å². The molecule has 12 rings (SSSR count). The third-order valence-corrected chi connectivity index (χ3v) is 14.2. The molecule has 8 aromatic carbocycles. The molecule has 0 amide bonds. The number of methoxy groups -OCH3 is 4. The van der Waals surface area contributed by atoms with Gasteiger partial charge in [0, 0.05) is 72.4 Å². The third-order valence-electron chi connectivity index (χ3n) is 13.1. The van der Waals surface area contributed by atoms with Gasteiger partial charge >= 0.3 is 0 Å². The molecule has 0 N–H and O–H groups in total. The standard InChI is InChI=1S/C55H41N3O7S/c1-60-33-10-17-39-37-14-7-30(21-47(37)57(64-5)49(39)24-33)42-28-45-44-23-32(56-51-26-35(62-3)12-19-53(51)66-54-20-13-36(63-4)27-52(54)56)9-16-41(44)55(59)46(45)29-43(42)31-8-15-38-40-18-11-34(61-2)25-50(40)58(65-6)48(38)22-31/h7-29H,1-6H3. The first kappa shape index (κ1) is 39.6. The summed E-state index contributed by atoms with van der Waals surface area (Å²) < 4.78 is 26.4. The molecule has 0 fully saturated rings. The lowest BCUT2D eigenvalue weighted by Gasteiger charge is -2.33. The van der Waals surface area contributed by atoms with Crippen molar-refractivity contribution in [2.75, 3.05) is 47.6 Å². The Labute approximate surface area is 383 Å². The number of carbonyl (C=O) groups excluding carboxylic acids is 1.